The lowest BCUT2D eigenvalue weighted by Crippen LogP contribution is -2.17. The highest BCUT2D eigenvalue weighted by Crippen LogP contribution is 2.33. The predicted molar refractivity (Wildman–Crippen MR) is 297 cm³/mol. The first kappa shape index (κ1) is 59.1. The second-order valence-corrected chi connectivity index (χ2v) is 23.2. The van der Waals surface area contributed by atoms with Crippen LogP contribution in [0, 0.1) is 62.3 Å². The molecule has 5 aromatic rings. The summed E-state index contributed by atoms with van der Waals surface area (Å²) in [5, 5.41) is 0. The van der Waals surface area contributed by atoms with E-state index in [1.165, 1.54) is 94.6 Å². The molecule has 0 N–H and O–H groups in total. The highest BCUT2D eigenvalue weighted by molar-refractivity contribution is 5.43. The van der Waals surface area contributed by atoms with Gasteiger partial charge in [-0.3, -0.25) is 0 Å². The van der Waals surface area contributed by atoms with Crippen LogP contribution >= 0.6 is 0 Å². The average Bonchev–Trinajstić information content (AvgIpc) is 3.17. The van der Waals surface area contributed by atoms with Crippen molar-refractivity contribution in [1.82, 2.24) is 0 Å². The third-order valence-electron chi connectivity index (χ3n) is 13.1. The molecule has 0 fully saturated rings. The van der Waals surface area contributed by atoms with E-state index in [0.717, 1.165) is 0 Å². The van der Waals surface area contributed by atoms with Crippen molar-refractivity contribution in [3.8, 4) is 0 Å². The van der Waals surface area contributed by atoms with Gasteiger partial charge < -0.3 is 0 Å². The van der Waals surface area contributed by atoms with Crippen molar-refractivity contribution in [2.75, 3.05) is 0 Å². The van der Waals surface area contributed by atoms with Crippen LogP contribution in [-0.2, 0) is 10.8 Å². The molecule has 0 radical (unpaired) electrons. The molecule has 0 aromatic heterocycles. The second kappa shape index (κ2) is 25.9. The Labute approximate surface area is 404 Å². The van der Waals surface area contributed by atoms with Gasteiger partial charge in [0.15, 0.2) is 0 Å². The van der Waals surface area contributed by atoms with Crippen LogP contribution in [0.15, 0.2) is 78.9 Å². The number of benzene rings is 5. The van der Waals surface area contributed by atoms with Gasteiger partial charge in [0.05, 0.1) is 0 Å². The van der Waals surface area contributed by atoms with Gasteiger partial charge in [0.1, 0.15) is 0 Å². The number of rotatable bonds is 6. The molecular weight excluding hydrogens is 781 g/mol. The van der Waals surface area contributed by atoms with Crippen molar-refractivity contribution in [3.63, 3.8) is 0 Å². The largest absolute Gasteiger partial charge is 0.0617 e. The average molecular weight is 882 g/mol. The lowest BCUT2D eigenvalue weighted by atomic mass is 9.79. The number of aryl methyl sites for hydroxylation is 6. The lowest BCUT2D eigenvalue weighted by Gasteiger charge is -2.26. The van der Waals surface area contributed by atoms with Crippen molar-refractivity contribution in [1.29, 1.82) is 0 Å². The number of hydrogen-bond acceptors (Lipinski definition) is 0. The summed E-state index contributed by atoms with van der Waals surface area (Å²) in [5.41, 5.74) is 25.1. The molecule has 0 aliphatic carbocycles. The lowest BCUT2D eigenvalue weighted by molar-refractivity contribution is 0.566. The Kier molecular flexibility index (Phi) is 23.5. The molecule has 5 aromatic carbocycles. The summed E-state index contributed by atoms with van der Waals surface area (Å²) in [5.74, 6) is 3.79. The maximum Gasteiger partial charge on any atom is -0.0129 e. The molecule has 0 heterocycles. The van der Waals surface area contributed by atoms with Crippen molar-refractivity contribution < 1.29 is 0 Å². The first-order valence-corrected chi connectivity index (χ1v) is 25.2. The fourth-order valence-corrected chi connectivity index (χ4v) is 8.77. The molecule has 0 atom stereocenters. The van der Waals surface area contributed by atoms with Crippen LogP contribution in [0.3, 0.4) is 0 Å². The summed E-state index contributed by atoms with van der Waals surface area (Å²) in [6.45, 7) is 60.5. The van der Waals surface area contributed by atoms with E-state index in [-0.39, 0.29) is 10.8 Å². The topological polar surface area (TPSA) is 0 Å². The monoisotopic (exact) mass is 881 g/mol. The SMILES string of the molecule is Cc1c(C(C)C)cc(C(C)C)cc1C(C)C.Cc1c(C(C)C)cccc1C(C)C.Cc1cc(C)c(C)c(C)c1.Cc1ccc(C(C)(C)C)cc1C(C)(C)C.Cc1ccc(C)c(C(C)C)c1. The Balaban J connectivity index is 0.000000410. The highest BCUT2D eigenvalue weighted by Gasteiger charge is 2.20. The molecule has 0 saturated heterocycles. The fourth-order valence-electron chi connectivity index (χ4n) is 8.77. The van der Waals surface area contributed by atoms with Gasteiger partial charge in [-0.15, -0.1) is 0 Å². The van der Waals surface area contributed by atoms with Crippen LogP contribution < -0.4 is 0 Å². The summed E-state index contributed by atoms with van der Waals surface area (Å²) >= 11 is 0. The Hall–Kier alpha value is -3.90. The van der Waals surface area contributed by atoms with E-state index in [9.17, 15) is 0 Å². The van der Waals surface area contributed by atoms with E-state index >= 15 is 0 Å². The van der Waals surface area contributed by atoms with E-state index < -0.39 is 0 Å². The van der Waals surface area contributed by atoms with Gasteiger partial charge in [-0.05, 0) is 192 Å². The summed E-state index contributed by atoms with van der Waals surface area (Å²) in [7, 11) is 0. The van der Waals surface area contributed by atoms with Gasteiger partial charge in [-0.1, -0.05) is 215 Å². The molecule has 0 aliphatic rings. The van der Waals surface area contributed by atoms with Crippen LogP contribution in [0.5, 0.6) is 0 Å². The molecule has 65 heavy (non-hydrogen) atoms. The standard InChI is InChI=1S/C16H26.C15H24.C13H20.C11H16.C10H14/c1-10(2)14-8-15(11(3)4)13(7)16(9-14)12(5)6;1-11-8-9-12(14(2,3)4)10-13(11)15(5,6)7;1-9(2)12-7-6-8-13(10(3)4)11(12)5;1-8(2)11-7-9(3)5-6-10(11)4;1-7-5-8(2)10(4)9(3)6-7/h8-12H,1-7H3;8-10H,1-7H3;6-10H,1-5H3;5-8H,1-4H3;5-6H,1-4H3. The maximum absolute atomic E-state index is 2.40. The summed E-state index contributed by atoms with van der Waals surface area (Å²) in [6, 6.07) is 29.4. The van der Waals surface area contributed by atoms with E-state index in [1.807, 2.05) is 0 Å². The predicted octanol–water partition coefficient (Wildman–Crippen LogP) is 20.5. The molecule has 0 amide bonds. The van der Waals surface area contributed by atoms with Crippen molar-refractivity contribution in [2.45, 2.75) is 233 Å². The third kappa shape index (κ3) is 18.7. The molecule has 0 saturated carbocycles. The van der Waals surface area contributed by atoms with E-state index in [4.69, 9.17) is 0 Å². The molecular formula is C65H100. The molecule has 0 aliphatic heterocycles. The van der Waals surface area contributed by atoms with Gasteiger partial charge in [-0.2, -0.15) is 0 Å². The first-order valence-electron chi connectivity index (χ1n) is 25.2. The molecule has 0 spiro atoms. The number of hydrogen-bond donors (Lipinski definition) is 0. The third-order valence-corrected chi connectivity index (χ3v) is 13.1. The fraction of sp³-hybridized carbons (Fsp3) is 0.538. The maximum atomic E-state index is 2.40. The Bertz CT molecular complexity index is 2140. The van der Waals surface area contributed by atoms with Crippen LogP contribution in [0.2, 0.25) is 0 Å². The Morgan fingerprint density at radius 2 is 0.708 bits per heavy atom. The van der Waals surface area contributed by atoms with E-state index in [2.05, 4.69) is 266 Å². The second-order valence-electron chi connectivity index (χ2n) is 23.2. The minimum atomic E-state index is 0.241. The van der Waals surface area contributed by atoms with Crippen molar-refractivity contribution in [2.24, 2.45) is 0 Å². The molecule has 360 valence electrons. The highest BCUT2D eigenvalue weighted by atomic mass is 14.3. The van der Waals surface area contributed by atoms with Crippen molar-refractivity contribution in [3.05, 3.63) is 173 Å². The first-order chi connectivity index (χ1) is 29.7. The van der Waals surface area contributed by atoms with E-state index in [0.29, 0.717) is 35.5 Å². The zero-order valence-corrected chi connectivity index (χ0v) is 47.5. The normalized spacial score (nSPS) is 11.5. The summed E-state index contributed by atoms with van der Waals surface area (Å²) in [6.07, 6.45) is 0. The molecule has 0 heteroatoms. The minimum absolute atomic E-state index is 0.241. The molecule has 0 nitrogen and oxygen atoms in total. The molecule has 0 unspecified atom stereocenters. The molecule has 5 rings (SSSR count). The van der Waals surface area contributed by atoms with Gasteiger partial charge in [0, 0.05) is 0 Å². The summed E-state index contributed by atoms with van der Waals surface area (Å²) in [4.78, 5) is 0. The van der Waals surface area contributed by atoms with Crippen molar-refractivity contribution >= 4 is 0 Å². The van der Waals surface area contributed by atoms with Gasteiger partial charge in [0.2, 0.25) is 0 Å². The van der Waals surface area contributed by atoms with Crippen LogP contribution in [0.25, 0.3) is 0 Å². The summed E-state index contributed by atoms with van der Waals surface area (Å²) < 4.78 is 0. The minimum Gasteiger partial charge on any atom is -0.0617 e. The zero-order chi connectivity index (χ0) is 50.5. The smallest absolute Gasteiger partial charge is 0.0129 e. The van der Waals surface area contributed by atoms with E-state index in [1.54, 1.807) is 0 Å². The van der Waals surface area contributed by atoms with Crippen LogP contribution in [0.4, 0.5) is 0 Å². The van der Waals surface area contributed by atoms with Gasteiger partial charge in [-0.25, -0.2) is 0 Å². The Morgan fingerprint density at radius 3 is 1.06 bits per heavy atom. The van der Waals surface area contributed by atoms with Crippen LogP contribution in [0.1, 0.15) is 255 Å². The molecule has 0 bridgehead atoms. The zero-order valence-electron chi connectivity index (χ0n) is 47.5. The van der Waals surface area contributed by atoms with Crippen LogP contribution in [-0.4, -0.2) is 0 Å². The van der Waals surface area contributed by atoms with Gasteiger partial charge in [0.25, 0.3) is 0 Å². The van der Waals surface area contributed by atoms with Gasteiger partial charge >= 0.3 is 0 Å². The Morgan fingerprint density at radius 1 is 0.308 bits per heavy atom. The quantitative estimate of drug-likeness (QED) is 0.159.